The monoisotopic (exact) mass is 530 g/mol. The molecule has 2 aromatic carbocycles. The molecule has 3 aliphatic rings. The summed E-state index contributed by atoms with van der Waals surface area (Å²) in [4.78, 5) is 0. The fraction of sp³-hybridized carbons (Fsp3) is 0.684. The quantitative estimate of drug-likeness (QED) is 0.268. The molecule has 5 rings (SSSR count). The molecular formula is C38H55F. The molecule has 0 nitrogen and oxygen atoms in total. The molecule has 0 atom stereocenters. The summed E-state index contributed by atoms with van der Waals surface area (Å²) in [5.41, 5.74) is 5.30. The van der Waals surface area contributed by atoms with E-state index in [1.165, 1.54) is 120 Å². The maximum atomic E-state index is 15.4. The molecule has 0 spiro atoms. The Kier molecular flexibility index (Phi) is 10.6. The summed E-state index contributed by atoms with van der Waals surface area (Å²) in [5.74, 6) is 4.54. The van der Waals surface area contributed by atoms with Gasteiger partial charge in [0.15, 0.2) is 0 Å². The smallest absolute Gasteiger partial charge is 0.126 e. The number of unbranched alkanes of at least 4 members (excludes halogenated alkanes) is 3. The van der Waals surface area contributed by atoms with Gasteiger partial charge in [-0.05, 0) is 147 Å². The number of rotatable bonds is 10. The normalized spacial score (nSPS) is 29.8. The van der Waals surface area contributed by atoms with Crippen molar-refractivity contribution in [3.05, 3.63) is 70.5 Å². The Morgan fingerprint density at radius 3 is 1.74 bits per heavy atom. The maximum Gasteiger partial charge on any atom is 0.126 e. The lowest BCUT2D eigenvalue weighted by Crippen LogP contribution is -2.25. The number of halogens is 1. The highest BCUT2D eigenvalue weighted by Gasteiger charge is 2.32. The molecule has 0 heterocycles. The molecular weight excluding hydrogens is 475 g/mol. The fourth-order valence-electron chi connectivity index (χ4n) is 8.62. The summed E-state index contributed by atoms with van der Waals surface area (Å²) in [7, 11) is 0. The first-order valence-electron chi connectivity index (χ1n) is 17.0. The van der Waals surface area contributed by atoms with E-state index < -0.39 is 0 Å². The van der Waals surface area contributed by atoms with Crippen molar-refractivity contribution >= 4 is 0 Å². The molecule has 214 valence electrons. The minimum absolute atomic E-state index is 0.0900. The lowest BCUT2D eigenvalue weighted by atomic mass is 9.67. The highest BCUT2D eigenvalue weighted by atomic mass is 19.1. The van der Waals surface area contributed by atoms with Crippen molar-refractivity contribution in [1.82, 2.24) is 0 Å². The highest BCUT2D eigenvalue weighted by molar-refractivity contribution is 5.30. The number of hydrogen-bond acceptors (Lipinski definition) is 0. The summed E-state index contributed by atoms with van der Waals surface area (Å²) >= 11 is 0. The molecule has 3 saturated carbocycles. The van der Waals surface area contributed by atoms with Gasteiger partial charge in [0, 0.05) is 0 Å². The van der Waals surface area contributed by atoms with E-state index in [1.807, 2.05) is 6.07 Å². The molecule has 1 heteroatoms. The molecule has 39 heavy (non-hydrogen) atoms. The average molecular weight is 531 g/mol. The van der Waals surface area contributed by atoms with Crippen LogP contribution in [-0.2, 0) is 6.42 Å². The van der Waals surface area contributed by atoms with Crippen LogP contribution in [0.2, 0.25) is 0 Å². The lowest BCUT2D eigenvalue weighted by Gasteiger charge is -2.38. The Labute approximate surface area is 239 Å². The summed E-state index contributed by atoms with van der Waals surface area (Å²) in [5, 5.41) is 0. The van der Waals surface area contributed by atoms with Crippen molar-refractivity contribution in [3.8, 4) is 0 Å². The van der Waals surface area contributed by atoms with Crippen molar-refractivity contribution in [2.75, 3.05) is 0 Å². The van der Waals surface area contributed by atoms with E-state index in [0.29, 0.717) is 11.8 Å². The largest absolute Gasteiger partial charge is 0.207 e. The Balaban J connectivity index is 1.06. The minimum Gasteiger partial charge on any atom is -0.207 e. The van der Waals surface area contributed by atoms with E-state index in [-0.39, 0.29) is 5.82 Å². The minimum atomic E-state index is 0.0900. The van der Waals surface area contributed by atoms with E-state index in [4.69, 9.17) is 0 Å². The second kappa shape index (κ2) is 14.3. The number of hydrogen-bond donors (Lipinski definition) is 0. The Hall–Kier alpha value is -1.63. The molecule has 0 bridgehead atoms. The van der Waals surface area contributed by atoms with Gasteiger partial charge in [-0.3, -0.25) is 0 Å². The predicted octanol–water partition coefficient (Wildman–Crippen LogP) is 11.9. The zero-order chi connectivity index (χ0) is 27.0. The molecule has 3 aliphatic carbocycles. The first-order chi connectivity index (χ1) is 19.1. The van der Waals surface area contributed by atoms with Gasteiger partial charge in [0.05, 0.1) is 0 Å². The molecule has 0 saturated heterocycles. The van der Waals surface area contributed by atoms with Crippen LogP contribution in [0.4, 0.5) is 4.39 Å². The van der Waals surface area contributed by atoms with E-state index >= 15 is 4.39 Å². The highest BCUT2D eigenvalue weighted by Crippen LogP contribution is 2.46. The van der Waals surface area contributed by atoms with Crippen LogP contribution >= 0.6 is 0 Å². The topological polar surface area (TPSA) is 0 Å². The van der Waals surface area contributed by atoms with Crippen LogP contribution in [0.5, 0.6) is 0 Å². The van der Waals surface area contributed by atoms with Crippen molar-refractivity contribution in [3.63, 3.8) is 0 Å². The van der Waals surface area contributed by atoms with Crippen LogP contribution < -0.4 is 0 Å². The first kappa shape index (κ1) is 28.9. The molecule has 0 N–H and O–H groups in total. The average Bonchev–Trinajstić information content (AvgIpc) is 3.00. The van der Waals surface area contributed by atoms with Crippen LogP contribution in [0.1, 0.15) is 163 Å². The zero-order valence-corrected chi connectivity index (χ0v) is 25.1. The number of benzene rings is 2. The second-order valence-electron chi connectivity index (χ2n) is 13.7. The molecule has 3 fully saturated rings. The Morgan fingerprint density at radius 2 is 1.15 bits per heavy atom. The van der Waals surface area contributed by atoms with E-state index in [1.54, 1.807) is 5.56 Å². The predicted molar refractivity (Wildman–Crippen MR) is 165 cm³/mol. The van der Waals surface area contributed by atoms with Gasteiger partial charge in [-0.1, -0.05) is 82.3 Å². The van der Waals surface area contributed by atoms with Gasteiger partial charge < -0.3 is 0 Å². The molecule has 2 aromatic rings. The fourth-order valence-corrected chi connectivity index (χ4v) is 8.62. The van der Waals surface area contributed by atoms with Crippen LogP contribution in [0.25, 0.3) is 0 Å². The van der Waals surface area contributed by atoms with Crippen molar-refractivity contribution < 1.29 is 4.39 Å². The molecule has 0 unspecified atom stereocenters. The Morgan fingerprint density at radius 1 is 0.590 bits per heavy atom. The van der Waals surface area contributed by atoms with Crippen molar-refractivity contribution in [2.24, 2.45) is 17.8 Å². The summed E-state index contributed by atoms with van der Waals surface area (Å²) in [6, 6.07) is 15.8. The number of aryl methyl sites for hydroxylation is 1. The van der Waals surface area contributed by atoms with Gasteiger partial charge in [-0.2, -0.15) is 0 Å². The van der Waals surface area contributed by atoms with Crippen LogP contribution in [0.3, 0.4) is 0 Å². The second-order valence-corrected chi connectivity index (χ2v) is 13.7. The summed E-state index contributed by atoms with van der Waals surface area (Å²) in [6.07, 6.45) is 23.7. The van der Waals surface area contributed by atoms with Gasteiger partial charge >= 0.3 is 0 Å². The van der Waals surface area contributed by atoms with Gasteiger partial charge in [0.2, 0.25) is 0 Å². The third-order valence-corrected chi connectivity index (χ3v) is 11.3. The third-order valence-electron chi connectivity index (χ3n) is 11.3. The van der Waals surface area contributed by atoms with Crippen LogP contribution in [0.15, 0.2) is 42.5 Å². The lowest BCUT2D eigenvalue weighted by molar-refractivity contribution is 0.176. The van der Waals surface area contributed by atoms with Gasteiger partial charge in [-0.25, -0.2) is 4.39 Å². The summed E-state index contributed by atoms with van der Waals surface area (Å²) < 4.78 is 15.4. The molecule has 0 aliphatic heterocycles. The van der Waals surface area contributed by atoms with Crippen LogP contribution in [-0.4, -0.2) is 0 Å². The van der Waals surface area contributed by atoms with Gasteiger partial charge in [-0.15, -0.1) is 0 Å². The van der Waals surface area contributed by atoms with E-state index in [9.17, 15) is 0 Å². The standard InChI is InChI=1S/C38H55F/c1-3-5-6-7-8-29-11-15-34(16-12-29)36-25-26-37(38(39)27-36)35-23-21-33(22-24-35)32-19-17-31(18-20-32)30-13-9-28(4-2)10-14-30/h9-10,13-14,25-27,29,31-35H,3-8,11-12,15-24H2,1-2H3. The van der Waals surface area contributed by atoms with Gasteiger partial charge in [0.1, 0.15) is 5.82 Å². The van der Waals surface area contributed by atoms with E-state index in [2.05, 4.69) is 50.2 Å². The van der Waals surface area contributed by atoms with Crippen molar-refractivity contribution in [1.29, 1.82) is 0 Å². The zero-order valence-electron chi connectivity index (χ0n) is 25.1. The molecule has 0 aromatic heterocycles. The SMILES string of the molecule is CCCCCCC1CCC(c2ccc(C3CCC(C4CCC(c5ccc(CC)cc5)CC4)CC3)c(F)c2)CC1. The summed E-state index contributed by atoms with van der Waals surface area (Å²) in [6.45, 7) is 4.53. The Bertz CT molecular complexity index is 982. The van der Waals surface area contributed by atoms with Crippen molar-refractivity contribution in [2.45, 2.75) is 147 Å². The van der Waals surface area contributed by atoms with Gasteiger partial charge in [0.25, 0.3) is 0 Å². The van der Waals surface area contributed by atoms with E-state index in [0.717, 1.165) is 35.7 Å². The third kappa shape index (κ3) is 7.56. The van der Waals surface area contributed by atoms with Crippen LogP contribution in [0, 0.1) is 23.6 Å². The maximum absolute atomic E-state index is 15.4. The molecule has 0 radical (unpaired) electrons. The molecule has 0 amide bonds. The first-order valence-corrected chi connectivity index (χ1v) is 17.0.